The highest BCUT2D eigenvalue weighted by molar-refractivity contribution is 5.33. The van der Waals surface area contributed by atoms with Gasteiger partial charge in [0.2, 0.25) is 0 Å². The molecule has 0 aromatic heterocycles. The SMILES string of the molecule is Cc1ccccc1C1CNCC1(C)N. The fourth-order valence-electron chi connectivity index (χ4n) is 2.29. The van der Waals surface area contributed by atoms with E-state index in [1.807, 2.05) is 0 Å². The lowest BCUT2D eigenvalue weighted by atomic mass is 9.82. The van der Waals surface area contributed by atoms with Gasteiger partial charge in [0.25, 0.3) is 0 Å². The van der Waals surface area contributed by atoms with Gasteiger partial charge in [-0.25, -0.2) is 0 Å². The van der Waals surface area contributed by atoms with Gasteiger partial charge in [0, 0.05) is 24.5 Å². The summed E-state index contributed by atoms with van der Waals surface area (Å²) < 4.78 is 0. The summed E-state index contributed by atoms with van der Waals surface area (Å²) in [6.45, 7) is 6.19. The molecule has 2 unspecified atom stereocenters. The molecule has 1 heterocycles. The maximum Gasteiger partial charge on any atom is 0.0334 e. The summed E-state index contributed by atoms with van der Waals surface area (Å²) in [6, 6.07) is 8.52. The molecule has 0 radical (unpaired) electrons. The molecule has 2 heteroatoms. The Bertz CT molecular complexity index is 331. The van der Waals surface area contributed by atoms with Crippen molar-refractivity contribution in [1.82, 2.24) is 5.32 Å². The largest absolute Gasteiger partial charge is 0.324 e. The molecule has 1 aromatic carbocycles. The molecular formula is C12H18N2. The maximum absolute atomic E-state index is 6.26. The molecular weight excluding hydrogens is 172 g/mol. The van der Waals surface area contributed by atoms with Gasteiger partial charge in [-0.1, -0.05) is 24.3 Å². The zero-order chi connectivity index (χ0) is 10.2. The Morgan fingerprint density at radius 3 is 2.71 bits per heavy atom. The Labute approximate surface area is 85.5 Å². The third-order valence-electron chi connectivity index (χ3n) is 3.21. The normalized spacial score (nSPS) is 32.1. The fraction of sp³-hybridized carbons (Fsp3) is 0.500. The van der Waals surface area contributed by atoms with Crippen LogP contribution in [-0.4, -0.2) is 18.6 Å². The molecule has 1 saturated heterocycles. The lowest BCUT2D eigenvalue weighted by Gasteiger charge is -2.27. The van der Waals surface area contributed by atoms with Crippen molar-refractivity contribution in [2.75, 3.05) is 13.1 Å². The molecule has 0 amide bonds. The Balaban J connectivity index is 2.36. The van der Waals surface area contributed by atoms with Gasteiger partial charge >= 0.3 is 0 Å². The second kappa shape index (κ2) is 3.37. The summed E-state index contributed by atoms with van der Waals surface area (Å²) in [4.78, 5) is 0. The summed E-state index contributed by atoms with van der Waals surface area (Å²) in [6.07, 6.45) is 0. The zero-order valence-electron chi connectivity index (χ0n) is 8.88. The van der Waals surface area contributed by atoms with Crippen LogP contribution in [0.3, 0.4) is 0 Å². The van der Waals surface area contributed by atoms with Crippen LogP contribution in [0.15, 0.2) is 24.3 Å². The van der Waals surface area contributed by atoms with Crippen LogP contribution < -0.4 is 11.1 Å². The summed E-state index contributed by atoms with van der Waals surface area (Å²) in [5, 5.41) is 3.36. The Morgan fingerprint density at radius 2 is 2.14 bits per heavy atom. The number of rotatable bonds is 1. The van der Waals surface area contributed by atoms with E-state index in [1.165, 1.54) is 11.1 Å². The van der Waals surface area contributed by atoms with Gasteiger partial charge in [-0.2, -0.15) is 0 Å². The van der Waals surface area contributed by atoms with E-state index in [0.717, 1.165) is 13.1 Å². The van der Waals surface area contributed by atoms with Crippen molar-refractivity contribution < 1.29 is 0 Å². The van der Waals surface area contributed by atoms with Gasteiger partial charge in [0.15, 0.2) is 0 Å². The minimum Gasteiger partial charge on any atom is -0.324 e. The van der Waals surface area contributed by atoms with E-state index < -0.39 is 0 Å². The first-order chi connectivity index (χ1) is 6.61. The van der Waals surface area contributed by atoms with Crippen LogP contribution in [0.5, 0.6) is 0 Å². The molecule has 1 fully saturated rings. The molecule has 1 aromatic rings. The van der Waals surface area contributed by atoms with E-state index in [2.05, 4.69) is 43.4 Å². The average molecular weight is 190 g/mol. The predicted molar refractivity (Wildman–Crippen MR) is 59.4 cm³/mol. The van der Waals surface area contributed by atoms with Gasteiger partial charge in [-0.3, -0.25) is 0 Å². The van der Waals surface area contributed by atoms with Crippen LogP contribution >= 0.6 is 0 Å². The number of nitrogens with one attached hydrogen (secondary N) is 1. The van der Waals surface area contributed by atoms with Crippen LogP contribution in [0.4, 0.5) is 0 Å². The van der Waals surface area contributed by atoms with Crippen LogP contribution in [-0.2, 0) is 0 Å². The molecule has 0 saturated carbocycles. The number of hydrogen-bond donors (Lipinski definition) is 2. The Hall–Kier alpha value is -0.860. The predicted octanol–water partition coefficient (Wildman–Crippen LogP) is 1.40. The second-order valence-corrected chi connectivity index (χ2v) is 4.55. The third-order valence-corrected chi connectivity index (χ3v) is 3.21. The van der Waals surface area contributed by atoms with Gasteiger partial charge in [-0.15, -0.1) is 0 Å². The van der Waals surface area contributed by atoms with Gasteiger partial charge < -0.3 is 11.1 Å². The van der Waals surface area contributed by atoms with Crippen molar-refractivity contribution in [3.8, 4) is 0 Å². The first-order valence-electron chi connectivity index (χ1n) is 5.16. The van der Waals surface area contributed by atoms with Crippen molar-refractivity contribution in [3.63, 3.8) is 0 Å². The van der Waals surface area contributed by atoms with E-state index in [-0.39, 0.29) is 5.54 Å². The number of nitrogens with two attached hydrogens (primary N) is 1. The standard InChI is InChI=1S/C12H18N2/c1-9-5-3-4-6-10(9)11-7-14-8-12(11,2)13/h3-6,11,14H,7-8,13H2,1-2H3. The van der Waals surface area contributed by atoms with Gasteiger partial charge in [0.05, 0.1) is 0 Å². The Morgan fingerprint density at radius 1 is 1.43 bits per heavy atom. The van der Waals surface area contributed by atoms with Crippen LogP contribution in [0.1, 0.15) is 24.0 Å². The minimum atomic E-state index is -0.105. The molecule has 2 nitrogen and oxygen atoms in total. The van der Waals surface area contributed by atoms with Crippen LogP contribution in [0.2, 0.25) is 0 Å². The number of benzene rings is 1. The molecule has 2 rings (SSSR count). The minimum absolute atomic E-state index is 0.105. The maximum atomic E-state index is 6.26. The zero-order valence-corrected chi connectivity index (χ0v) is 8.88. The summed E-state index contributed by atoms with van der Waals surface area (Å²) in [5.41, 5.74) is 8.89. The summed E-state index contributed by atoms with van der Waals surface area (Å²) in [7, 11) is 0. The monoisotopic (exact) mass is 190 g/mol. The lowest BCUT2D eigenvalue weighted by Crippen LogP contribution is -2.43. The van der Waals surface area contributed by atoms with E-state index in [4.69, 9.17) is 5.73 Å². The quantitative estimate of drug-likeness (QED) is 0.702. The van der Waals surface area contributed by atoms with Gasteiger partial charge in [-0.05, 0) is 25.0 Å². The number of aryl methyl sites for hydroxylation is 1. The molecule has 1 aliphatic heterocycles. The molecule has 0 spiro atoms. The highest BCUT2D eigenvalue weighted by atomic mass is 15.0. The fourth-order valence-corrected chi connectivity index (χ4v) is 2.29. The van der Waals surface area contributed by atoms with Crippen molar-refractivity contribution in [1.29, 1.82) is 0 Å². The van der Waals surface area contributed by atoms with E-state index in [9.17, 15) is 0 Å². The van der Waals surface area contributed by atoms with Crippen LogP contribution in [0.25, 0.3) is 0 Å². The summed E-state index contributed by atoms with van der Waals surface area (Å²) >= 11 is 0. The molecule has 0 bridgehead atoms. The second-order valence-electron chi connectivity index (χ2n) is 4.55. The third kappa shape index (κ3) is 1.56. The average Bonchev–Trinajstić information content (AvgIpc) is 2.46. The van der Waals surface area contributed by atoms with Crippen molar-refractivity contribution in [2.24, 2.45) is 5.73 Å². The first kappa shape index (κ1) is 9.69. The molecule has 1 aliphatic rings. The van der Waals surface area contributed by atoms with Crippen LogP contribution in [0, 0.1) is 6.92 Å². The smallest absolute Gasteiger partial charge is 0.0334 e. The molecule has 2 atom stereocenters. The molecule has 76 valence electrons. The van der Waals surface area contributed by atoms with Crippen molar-refractivity contribution >= 4 is 0 Å². The van der Waals surface area contributed by atoms with E-state index in [0.29, 0.717) is 5.92 Å². The Kier molecular flexibility index (Phi) is 2.33. The van der Waals surface area contributed by atoms with Crippen molar-refractivity contribution in [2.45, 2.75) is 25.3 Å². The summed E-state index contributed by atoms with van der Waals surface area (Å²) in [5.74, 6) is 0.448. The molecule has 3 N–H and O–H groups in total. The van der Waals surface area contributed by atoms with E-state index >= 15 is 0 Å². The van der Waals surface area contributed by atoms with Gasteiger partial charge in [0.1, 0.15) is 0 Å². The highest BCUT2D eigenvalue weighted by Crippen LogP contribution is 2.31. The topological polar surface area (TPSA) is 38.0 Å². The highest BCUT2D eigenvalue weighted by Gasteiger charge is 2.36. The molecule has 14 heavy (non-hydrogen) atoms. The van der Waals surface area contributed by atoms with E-state index in [1.54, 1.807) is 0 Å². The van der Waals surface area contributed by atoms with Crippen molar-refractivity contribution in [3.05, 3.63) is 35.4 Å². The lowest BCUT2D eigenvalue weighted by molar-refractivity contribution is 0.461. The number of hydrogen-bond acceptors (Lipinski definition) is 2. The molecule has 0 aliphatic carbocycles. The first-order valence-corrected chi connectivity index (χ1v) is 5.16.